The number of hydrogen-bond acceptors (Lipinski definition) is 6. The molecule has 0 bridgehead atoms. The van der Waals surface area contributed by atoms with Gasteiger partial charge in [-0.15, -0.1) is 0 Å². The molecule has 2 heterocycles. The molecule has 7 nitrogen and oxygen atoms in total. The number of nitrogens with zero attached hydrogens (tertiary/aromatic N) is 4. The molecule has 126 valence electrons. The van der Waals surface area contributed by atoms with Crippen LogP contribution in [-0.2, 0) is 9.53 Å². The molecular formula is C13H9ClF3N5O2. The lowest BCUT2D eigenvalue weighted by molar-refractivity contribution is -0.183. The Hall–Kier alpha value is -2.62. The molecule has 1 aromatic heterocycles. The largest absolute Gasteiger partial charge is 0.451 e. The number of carbonyl (C=O) groups excluding carboxylic acids is 1. The minimum Gasteiger partial charge on any atom is -0.451 e. The number of rotatable bonds is 3. The van der Waals surface area contributed by atoms with Crippen molar-refractivity contribution in [3.05, 3.63) is 46.6 Å². The first-order chi connectivity index (χ1) is 11.3. The van der Waals surface area contributed by atoms with Crippen LogP contribution in [0.4, 0.5) is 19.1 Å². The Morgan fingerprint density at radius 3 is 2.83 bits per heavy atom. The number of allylic oxidation sites excluding steroid dienone is 1. The molecule has 0 aliphatic carbocycles. The Labute approximate surface area is 138 Å². The predicted octanol–water partition coefficient (Wildman–Crippen LogP) is 2.33. The van der Waals surface area contributed by atoms with Crippen LogP contribution in [0.1, 0.15) is 11.6 Å². The molecule has 1 unspecified atom stereocenters. The highest BCUT2D eigenvalue weighted by atomic mass is 35.5. The van der Waals surface area contributed by atoms with Crippen molar-refractivity contribution in [1.82, 2.24) is 20.2 Å². The number of hydrogen-bond donors (Lipinski definition) is 1. The molecule has 24 heavy (non-hydrogen) atoms. The van der Waals surface area contributed by atoms with Crippen LogP contribution in [0.3, 0.4) is 0 Å². The summed E-state index contributed by atoms with van der Waals surface area (Å²) in [5.41, 5.74) is 0.377. The van der Waals surface area contributed by atoms with Crippen molar-refractivity contribution in [2.45, 2.75) is 12.2 Å². The molecule has 2 aromatic rings. The van der Waals surface area contributed by atoms with Crippen LogP contribution in [0, 0.1) is 0 Å². The van der Waals surface area contributed by atoms with Crippen molar-refractivity contribution >= 4 is 23.5 Å². The molecule has 1 aliphatic rings. The number of aromatic nitrogens is 4. The Morgan fingerprint density at radius 1 is 1.38 bits per heavy atom. The van der Waals surface area contributed by atoms with Crippen molar-refractivity contribution in [2.75, 3.05) is 11.9 Å². The minimum absolute atomic E-state index is 0.0846. The van der Waals surface area contributed by atoms with Gasteiger partial charge in [-0.1, -0.05) is 34.9 Å². The Bertz CT molecular complexity index is 805. The fourth-order valence-corrected chi connectivity index (χ4v) is 2.38. The third-order valence-electron chi connectivity index (χ3n) is 3.14. The SMILES string of the molecule is O=C(OCC(F)(F)F)C1=CC(c2ccccc2Cl)n2nnnc2N1. The van der Waals surface area contributed by atoms with Crippen LogP contribution in [0.25, 0.3) is 0 Å². The van der Waals surface area contributed by atoms with E-state index in [9.17, 15) is 18.0 Å². The molecule has 0 amide bonds. The van der Waals surface area contributed by atoms with Crippen LogP contribution >= 0.6 is 11.6 Å². The van der Waals surface area contributed by atoms with Gasteiger partial charge in [0.2, 0.25) is 5.95 Å². The number of fused-ring (bicyclic) bond motifs is 1. The molecule has 3 rings (SSSR count). The number of carbonyl (C=O) groups is 1. The van der Waals surface area contributed by atoms with E-state index in [-0.39, 0.29) is 11.6 Å². The second kappa shape index (κ2) is 6.11. The maximum Gasteiger partial charge on any atom is 0.422 e. The summed E-state index contributed by atoms with van der Waals surface area (Å²) in [6.07, 6.45) is -3.27. The molecule has 1 atom stereocenters. The molecule has 0 fully saturated rings. The quantitative estimate of drug-likeness (QED) is 0.847. The van der Waals surface area contributed by atoms with E-state index in [0.717, 1.165) is 0 Å². The highest BCUT2D eigenvalue weighted by Crippen LogP contribution is 2.32. The van der Waals surface area contributed by atoms with Crippen LogP contribution in [-0.4, -0.2) is 39.0 Å². The van der Waals surface area contributed by atoms with Crippen LogP contribution in [0.2, 0.25) is 5.02 Å². The van der Waals surface area contributed by atoms with Crippen molar-refractivity contribution in [1.29, 1.82) is 0 Å². The molecule has 0 saturated carbocycles. The number of nitrogens with one attached hydrogen (secondary N) is 1. The number of tetrazole rings is 1. The molecular weight excluding hydrogens is 351 g/mol. The number of halogens is 4. The van der Waals surface area contributed by atoms with Gasteiger partial charge in [0, 0.05) is 5.02 Å². The summed E-state index contributed by atoms with van der Waals surface area (Å²) >= 11 is 6.14. The highest BCUT2D eigenvalue weighted by molar-refractivity contribution is 6.31. The molecule has 1 aromatic carbocycles. The zero-order valence-electron chi connectivity index (χ0n) is 11.8. The number of anilines is 1. The lowest BCUT2D eigenvalue weighted by Crippen LogP contribution is -2.28. The van der Waals surface area contributed by atoms with E-state index in [1.54, 1.807) is 24.3 Å². The summed E-state index contributed by atoms with van der Waals surface area (Å²) in [4.78, 5) is 11.9. The van der Waals surface area contributed by atoms with Gasteiger partial charge in [0.1, 0.15) is 11.7 Å². The lowest BCUT2D eigenvalue weighted by atomic mass is 10.0. The highest BCUT2D eigenvalue weighted by Gasteiger charge is 2.32. The maximum absolute atomic E-state index is 12.2. The number of benzene rings is 1. The molecule has 0 saturated heterocycles. The van der Waals surface area contributed by atoms with E-state index in [0.29, 0.717) is 10.6 Å². The average molecular weight is 360 g/mol. The fourth-order valence-electron chi connectivity index (χ4n) is 2.13. The first kappa shape index (κ1) is 16.2. The second-order valence-corrected chi connectivity index (χ2v) is 5.22. The topological polar surface area (TPSA) is 81.9 Å². The third kappa shape index (κ3) is 3.32. The number of esters is 1. The van der Waals surface area contributed by atoms with E-state index in [4.69, 9.17) is 11.6 Å². The van der Waals surface area contributed by atoms with Crippen LogP contribution in [0.5, 0.6) is 0 Å². The maximum atomic E-state index is 12.2. The first-order valence-corrected chi connectivity index (χ1v) is 6.98. The van der Waals surface area contributed by atoms with E-state index in [2.05, 4.69) is 25.6 Å². The van der Waals surface area contributed by atoms with E-state index in [1.165, 1.54) is 10.8 Å². The summed E-state index contributed by atoms with van der Waals surface area (Å²) in [6, 6.07) is 6.11. The van der Waals surface area contributed by atoms with Crippen molar-refractivity contribution in [2.24, 2.45) is 0 Å². The van der Waals surface area contributed by atoms with E-state index >= 15 is 0 Å². The normalized spacial score (nSPS) is 16.8. The molecule has 0 spiro atoms. The fraction of sp³-hybridized carbons (Fsp3) is 0.231. The Kier molecular flexibility index (Phi) is 4.14. The van der Waals surface area contributed by atoms with E-state index in [1.807, 2.05) is 0 Å². The number of alkyl halides is 3. The summed E-state index contributed by atoms with van der Waals surface area (Å²) in [5, 5.41) is 13.9. The zero-order valence-corrected chi connectivity index (χ0v) is 12.5. The summed E-state index contributed by atoms with van der Waals surface area (Å²) < 4.78 is 42.2. The summed E-state index contributed by atoms with van der Waals surface area (Å²) in [7, 11) is 0. The van der Waals surface area contributed by atoms with Crippen LogP contribution in [0.15, 0.2) is 36.0 Å². The third-order valence-corrected chi connectivity index (χ3v) is 3.48. The minimum atomic E-state index is -4.62. The van der Waals surface area contributed by atoms with Gasteiger partial charge in [0.25, 0.3) is 0 Å². The van der Waals surface area contributed by atoms with Gasteiger partial charge in [-0.05, 0) is 28.1 Å². The second-order valence-electron chi connectivity index (χ2n) is 4.81. The van der Waals surface area contributed by atoms with Gasteiger partial charge in [-0.3, -0.25) is 0 Å². The molecule has 1 aliphatic heterocycles. The van der Waals surface area contributed by atoms with E-state index < -0.39 is 24.8 Å². The predicted molar refractivity (Wildman–Crippen MR) is 76.1 cm³/mol. The molecule has 1 N–H and O–H groups in total. The van der Waals surface area contributed by atoms with Crippen LogP contribution < -0.4 is 5.32 Å². The smallest absolute Gasteiger partial charge is 0.422 e. The number of ether oxygens (including phenoxy) is 1. The van der Waals surface area contributed by atoms with Gasteiger partial charge < -0.3 is 10.1 Å². The monoisotopic (exact) mass is 359 g/mol. The van der Waals surface area contributed by atoms with Crippen molar-refractivity contribution in [3.8, 4) is 0 Å². The molecule has 0 radical (unpaired) electrons. The van der Waals surface area contributed by atoms with Gasteiger partial charge in [-0.25, -0.2) is 4.79 Å². The zero-order chi connectivity index (χ0) is 17.3. The standard InChI is InChI=1S/C13H9ClF3N5O2/c14-8-4-2-1-3-7(8)10-5-9(11(23)24-6-13(15,16)17)18-12-19-20-21-22(10)12/h1-5,10H,6H2,(H,18,19,21). The van der Waals surface area contributed by atoms with Crippen molar-refractivity contribution < 1.29 is 22.7 Å². The van der Waals surface area contributed by atoms with Gasteiger partial charge >= 0.3 is 12.1 Å². The summed E-state index contributed by atoms with van der Waals surface area (Å²) in [6.45, 7) is -1.69. The Balaban J connectivity index is 1.92. The molecule has 11 heteroatoms. The summed E-state index contributed by atoms with van der Waals surface area (Å²) in [5.74, 6) is -1.08. The van der Waals surface area contributed by atoms with Gasteiger partial charge in [0.15, 0.2) is 6.61 Å². The van der Waals surface area contributed by atoms with Gasteiger partial charge in [-0.2, -0.15) is 17.9 Å². The lowest BCUT2D eigenvalue weighted by Gasteiger charge is -2.23. The van der Waals surface area contributed by atoms with Gasteiger partial charge in [0.05, 0.1) is 0 Å². The Morgan fingerprint density at radius 2 is 2.12 bits per heavy atom. The average Bonchev–Trinajstić information content (AvgIpc) is 3.00. The van der Waals surface area contributed by atoms with Crippen molar-refractivity contribution in [3.63, 3.8) is 0 Å². The first-order valence-electron chi connectivity index (χ1n) is 6.60.